The molecule has 2 aliphatic heterocycles. The van der Waals surface area contributed by atoms with Gasteiger partial charge in [-0.05, 0) is 57.1 Å². The molecule has 0 saturated carbocycles. The molecule has 0 aliphatic carbocycles. The third-order valence-electron chi connectivity index (χ3n) is 8.16. The molecule has 248 valence electrons. The van der Waals surface area contributed by atoms with E-state index in [1.807, 2.05) is 33.8 Å². The number of hydrogen-bond acceptors (Lipinski definition) is 11. The molecule has 12 heteroatoms. The molecular formula is C32H49NO11. The second-order valence-corrected chi connectivity index (χ2v) is 12.1. The summed E-state index contributed by atoms with van der Waals surface area (Å²) in [5, 5.41) is 21.4. The lowest BCUT2D eigenvalue weighted by Gasteiger charge is -2.37. The third kappa shape index (κ3) is 11.0. The van der Waals surface area contributed by atoms with Gasteiger partial charge in [-0.2, -0.15) is 0 Å². The lowest BCUT2D eigenvalue weighted by atomic mass is 9.87. The fourth-order valence-electron chi connectivity index (χ4n) is 5.62. The first-order valence-electron chi connectivity index (χ1n) is 15.2. The molecule has 0 bridgehead atoms. The van der Waals surface area contributed by atoms with E-state index >= 15 is 0 Å². The first-order chi connectivity index (χ1) is 20.6. The second-order valence-electron chi connectivity index (χ2n) is 12.1. The quantitative estimate of drug-likeness (QED) is 0.144. The fourth-order valence-corrected chi connectivity index (χ4v) is 5.62. The van der Waals surface area contributed by atoms with Crippen molar-refractivity contribution in [3.8, 4) is 0 Å². The van der Waals surface area contributed by atoms with Crippen molar-refractivity contribution >= 4 is 24.2 Å². The van der Waals surface area contributed by atoms with Gasteiger partial charge in [0.2, 0.25) is 0 Å². The molecule has 2 heterocycles. The normalized spacial score (nSPS) is 34.3. The van der Waals surface area contributed by atoms with Crippen LogP contribution in [0.2, 0.25) is 0 Å². The van der Waals surface area contributed by atoms with Crippen LogP contribution in [0.4, 0.5) is 9.59 Å². The predicted octanol–water partition coefficient (Wildman–Crippen LogP) is 4.26. The summed E-state index contributed by atoms with van der Waals surface area (Å²) in [6, 6.07) is 0. The van der Waals surface area contributed by atoms with Crippen LogP contribution >= 0.6 is 0 Å². The number of hydrogen-bond donors (Lipinski definition) is 3. The number of aliphatic hydroxyl groups is 2. The molecule has 44 heavy (non-hydrogen) atoms. The molecule has 4 N–H and O–H groups in total. The van der Waals surface area contributed by atoms with Crippen molar-refractivity contribution in [3.63, 3.8) is 0 Å². The summed E-state index contributed by atoms with van der Waals surface area (Å²) in [6.45, 7) is 12.1. The molecule has 0 aromatic carbocycles. The summed E-state index contributed by atoms with van der Waals surface area (Å²) < 4.78 is 27.1. The van der Waals surface area contributed by atoms with Crippen LogP contribution in [0.25, 0.3) is 0 Å². The van der Waals surface area contributed by atoms with Crippen LogP contribution < -0.4 is 5.73 Å². The fraction of sp³-hybridized carbons (Fsp3) is 0.688. The standard InChI is InChI=1S/C32H49NO11/c1-8-25-21(5)29(43-31(39)41-25)24(36)16-18(2)10-9-11-19(3)28-20(4)12-13-26(40-22(6)34)32(7,44-30(33)38)15-14-23(35)17-27(37)42-28/h9-13,18,20-21,23-26,28-29,35-36H,8,14-17H2,1-7H3,(H2,33,38)/b10-9+,13-12-,19-11+. The van der Waals surface area contributed by atoms with Crippen molar-refractivity contribution in [2.45, 2.75) is 123 Å². The van der Waals surface area contributed by atoms with E-state index < -0.39 is 66.2 Å². The van der Waals surface area contributed by atoms with E-state index in [1.165, 1.54) is 6.92 Å². The van der Waals surface area contributed by atoms with Crippen molar-refractivity contribution in [3.05, 3.63) is 36.0 Å². The number of nitrogens with two attached hydrogens (primary N) is 1. The smallest absolute Gasteiger partial charge is 0.457 e. The van der Waals surface area contributed by atoms with Crippen molar-refractivity contribution < 1.29 is 53.1 Å². The minimum absolute atomic E-state index is 0.0525. The van der Waals surface area contributed by atoms with E-state index in [4.69, 9.17) is 29.4 Å². The van der Waals surface area contributed by atoms with Gasteiger partial charge in [0.05, 0.1) is 18.6 Å². The van der Waals surface area contributed by atoms with Crippen LogP contribution in [0, 0.1) is 17.8 Å². The molecule has 12 nitrogen and oxygen atoms in total. The minimum atomic E-state index is -1.39. The largest absolute Gasteiger partial charge is 0.508 e. The maximum atomic E-state index is 12.8. The van der Waals surface area contributed by atoms with Crippen molar-refractivity contribution in [1.82, 2.24) is 0 Å². The Hall–Kier alpha value is -3.38. The Bertz CT molecular complexity index is 1100. The van der Waals surface area contributed by atoms with Gasteiger partial charge < -0.3 is 39.6 Å². The summed E-state index contributed by atoms with van der Waals surface area (Å²) in [6.07, 6.45) is 3.04. The molecule has 2 rings (SSSR count). The number of ether oxygens (including phenoxy) is 5. The average molecular weight is 624 g/mol. The number of carbonyl (C=O) groups is 4. The van der Waals surface area contributed by atoms with Crippen LogP contribution in [0.1, 0.15) is 80.6 Å². The van der Waals surface area contributed by atoms with Gasteiger partial charge in [-0.3, -0.25) is 9.59 Å². The number of amides is 1. The zero-order valence-corrected chi connectivity index (χ0v) is 26.8. The first kappa shape index (κ1) is 36.8. The molecule has 0 aromatic heterocycles. The molecule has 0 spiro atoms. The Balaban J connectivity index is 2.24. The summed E-state index contributed by atoms with van der Waals surface area (Å²) in [7, 11) is 0. The van der Waals surface area contributed by atoms with E-state index in [1.54, 1.807) is 38.2 Å². The number of esters is 2. The topological polar surface area (TPSA) is 181 Å². The number of aliphatic hydroxyl groups excluding tert-OH is 2. The molecule has 10 atom stereocenters. The second kappa shape index (κ2) is 16.6. The number of rotatable bonds is 9. The number of allylic oxidation sites excluding steroid dienone is 3. The molecule has 2 aliphatic rings. The third-order valence-corrected chi connectivity index (χ3v) is 8.16. The number of cyclic esters (lactones) is 3. The highest BCUT2D eigenvalue weighted by atomic mass is 16.7. The lowest BCUT2D eigenvalue weighted by Crippen LogP contribution is -2.48. The van der Waals surface area contributed by atoms with Crippen LogP contribution in [0.5, 0.6) is 0 Å². The summed E-state index contributed by atoms with van der Waals surface area (Å²) in [5.74, 6) is -1.85. The highest BCUT2D eigenvalue weighted by Crippen LogP contribution is 2.31. The Labute approximate surface area is 259 Å². The zero-order valence-electron chi connectivity index (χ0n) is 26.8. The van der Waals surface area contributed by atoms with Gasteiger partial charge in [-0.1, -0.05) is 52.0 Å². The maximum absolute atomic E-state index is 12.8. The van der Waals surface area contributed by atoms with Gasteiger partial charge in [0.1, 0.15) is 18.3 Å². The van der Waals surface area contributed by atoms with Gasteiger partial charge >= 0.3 is 24.2 Å². The Morgan fingerprint density at radius 1 is 1.18 bits per heavy atom. The van der Waals surface area contributed by atoms with Crippen LogP contribution in [-0.2, 0) is 33.3 Å². The van der Waals surface area contributed by atoms with Gasteiger partial charge in [0, 0.05) is 18.8 Å². The molecule has 0 radical (unpaired) electrons. The highest BCUT2D eigenvalue weighted by Gasteiger charge is 2.41. The van der Waals surface area contributed by atoms with E-state index in [9.17, 15) is 29.4 Å². The number of carbonyl (C=O) groups excluding carboxylic acids is 4. The van der Waals surface area contributed by atoms with Crippen molar-refractivity contribution in [2.24, 2.45) is 23.5 Å². The summed E-state index contributed by atoms with van der Waals surface area (Å²) in [5.41, 5.74) is 4.61. The Morgan fingerprint density at radius 2 is 1.86 bits per heavy atom. The van der Waals surface area contributed by atoms with Crippen LogP contribution in [0.15, 0.2) is 36.0 Å². The molecule has 1 fully saturated rings. The lowest BCUT2D eigenvalue weighted by molar-refractivity contribution is -0.157. The summed E-state index contributed by atoms with van der Waals surface area (Å²) >= 11 is 0. The molecule has 0 aromatic rings. The molecule has 1 saturated heterocycles. The SMILES string of the molecule is CCC1OC(=O)OC(C(O)CC(C)/C=C/C=C(\C)C2OC(=O)CC(O)CCC(C)(OC(N)=O)C(OC(C)=O)/C=C\C2C)C1C. The highest BCUT2D eigenvalue weighted by molar-refractivity contribution is 5.70. The van der Waals surface area contributed by atoms with Gasteiger partial charge in [-0.15, -0.1) is 0 Å². The monoisotopic (exact) mass is 623 g/mol. The van der Waals surface area contributed by atoms with Gasteiger partial charge in [0.25, 0.3) is 0 Å². The molecule has 1 amide bonds. The maximum Gasteiger partial charge on any atom is 0.508 e. The van der Waals surface area contributed by atoms with Gasteiger partial charge in [0.15, 0.2) is 11.7 Å². The van der Waals surface area contributed by atoms with Crippen LogP contribution in [-0.4, -0.2) is 76.6 Å². The van der Waals surface area contributed by atoms with Crippen molar-refractivity contribution in [2.75, 3.05) is 0 Å². The van der Waals surface area contributed by atoms with Crippen LogP contribution in [0.3, 0.4) is 0 Å². The van der Waals surface area contributed by atoms with E-state index in [2.05, 4.69) is 0 Å². The van der Waals surface area contributed by atoms with Gasteiger partial charge in [-0.25, -0.2) is 9.59 Å². The first-order valence-corrected chi connectivity index (χ1v) is 15.2. The van der Waals surface area contributed by atoms with E-state index in [0.717, 1.165) is 0 Å². The average Bonchev–Trinajstić information content (AvgIpc) is 2.92. The predicted molar refractivity (Wildman–Crippen MR) is 160 cm³/mol. The summed E-state index contributed by atoms with van der Waals surface area (Å²) in [4.78, 5) is 48.2. The number of primary amides is 1. The Morgan fingerprint density at radius 3 is 2.48 bits per heavy atom. The van der Waals surface area contributed by atoms with E-state index in [0.29, 0.717) is 18.4 Å². The molecular weight excluding hydrogens is 574 g/mol. The minimum Gasteiger partial charge on any atom is -0.457 e. The van der Waals surface area contributed by atoms with E-state index in [-0.39, 0.29) is 37.2 Å². The zero-order chi connectivity index (χ0) is 33.2. The molecule has 10 unspecified atom stereocenters. The van der Waals surface area contributed by atoms with Crippen molar-refractivity contribution in [1.29, 1.82) is 0 Å². The Kier molecular flexibility index (Phi) is 13.9.